The maximum Gasteiger partial charge on any atom is 0.217 e. The predicted molar refractivity (Wildman–Crippen MR) is 74.6 cm³/mol. The maximum atomic E-state index is 12.3. The second-order valence-electron chi connectivity index (χ2n) is 4.49. The van der Waals surface area contributed by atoms with Crippen LogP contribution in [0, 0.1) is 0 Å². The molecule has 1 heterocycles. The largest absolute Gasteiger partial charge is 0.392 e. The quantitative estimate of drug-likeness (QED) is 0.703. The number of hydrogen-bond acceptors (Lipinski definition) is 5. The van der Waals surface area contributed by atoms with Gasteiger partial charge in [-0.15, -0.1) is 0 Å². The SMILES string of the molecule is CC(C(N)=S)N(C)S(=O)(=O)C1CCS(=O)(=O)CC1. The molecule has 1 atom stereocenters. The molecular formula is C9H18N2O4S3. The number of hydrogen-bond donors (Lipinski definition) is 1. The van der Waals surface area contributed by atoms with E-state index in [2.05, 4.69) is 0 Å². The second kappa shape index (κ2) is 5.40. The Bertz CT molecular complexity index is 512. The van der Waals surface area contributed by atoms with Gasteiger partial charge in [-0.25, -0.2) is 16.8 Å². The van der Waals surface area contributed by atoms with E-state index >= 15 is 0 Å². The molecule has 6 nitrogen and oxygen atoms in total. The van der Waals surface area contributed by atoms with Crippen LogP contribution in [-0.2, 0) is 19.9 Å². The monoisotopic (exact) mass is 314 g/mol. The average molecular weight is 314 g/mol. The first-order chi connectivity index (χ1) is 8.08. The van der Waals surface area contributed by atoms with Crippen molar-refractivity contribution in [2.45, 2.75) is 31.1 Å². The smallest absolute Gasteiger partial charge is 0.217 e. The molecule has 0 radical (unpaired) electrons. The molecule has 0 saturated carbocycles. The summed E-state index contributed by atoms with van der Waals surface area (Å²) in [5, 5.41) is -0.664. The van der Waals surface area contributed by atoms with Crippen molar-refractivity contribution in [3.8, 4) is 0 Å². The Labute approximate surface area is 113 Å². The van der Waals surface area contributed by atoms with Gasteiger partial charge in [0.1, 0.15) is 9.84 Å². The molecule has 9 heteroatoms. The Morgan fingerprint density at radius 2 is 1.83 bits per heavy atom. The molecule has 2 N–H and O–H groups in total. The topological polar surface area (TPSA) is 97.5 Å². The van der Waals surface area contributed by atoms with Gasteiger partial charge in [0.05, 0.1) is 27.8 Å². The zero-order valence-corrected chi connectivity index (χ0v) is 12.8. The summed E-state index contributed by atoms with van der Waals surface area (Å²) in [4.78, 5) is 0.101. The molecule has 0 aromatic rings. The lowest BCUT2D eigenvalue weighted by Crippen LogP contribution is -2.48. The Balaban J connectivity index is 2.85. The average Bonchev–Trinajstić information content (AvgIpc) is 2.26. The first kappa shape index (κ1) is 15.8. The van der Waals surface area contributed by atoms with Crippen molar-refractivity contribution < 1.29 is 16.8 Å². The number of rotatable bonds is 4. The molecule has 1 aliphatic heterocycles. The summed E-state index contributed by atoms with van der Waals surface area (Å²) in [5.74, 6) is -0.154. The number of nitrogens with two attached hydrogens (primary N) is 1. The summed E-state index contributed by atoms with van der Waals surface area (Å²) in [6.45, 7) is 1.61. The highest BCUT2D eigenvalue weighted by molar-refractivity contribution is 7.92. The van der Waals surface area contributed by atoms with Crippen LogP contribution in [0.3, 0.4) is 0 Å². The van der Waals surface area contributed by atoms with Crippen LogP contribution in [-0.4, -0.2) is 56.0 Å². The van der Waals surface area contributed by atoms with Gasteiger partial charge in [0.2, 0.25) is 10.0 Å². The van der Waals surface area contributed by atoms with Gasteiger partial charge in [-0.05, 0) is 19.8 Å². The van der Waals surface area contributed by atoms with Gasteiger partial charge < -0.3 is 5.73 Å². The Kier molecular flexibility index (Phi) is 4.74. The first-order valence-electron chi connectivity index (χ1n) is 5.54. The number of likely N-dealkylation sites (N-methyl/N-ethyl adjacent to an activating group) is 1. The molecule has 0 aliphatic carbocycles. The zero-order chi connectivity index (χ0) is 14.1. The fourth-order valence-electron chi connectivity index (χ4n) is 1.80. The third-order valence-corrected chi connectivity index (χ3v) is 7.77. The summed E-state index contributed by atoms with van der Waals surface area (Å²) in [7, 11) is -5.21. The summed E-state index contributed by atoms with van der Waals surface area (Å²) >= 11 is 4.78. The van der Waals surface area contributed by atoms with Crippen molar-refractivity contribution >= 4 is 37.1 Å². The first-order valence-corrected chi connectivity index (χ1v) is 9.28. The summed E-state index contributed by atoms with van der Waals surface area (Å²) < 4.78 is 48.2. The van der Waals surface area contributed by atoms with E-state index in [0.717, 1.165) is 4.31 Å². The van der Waals surface area contributed by atoms with Crippen LogP contribution >= 0.6 is 12.2 Å². The van der Waals surface area contributed by atoms with Gasteiger partial charge in [-0.2, -0.15) is 4.31 Å². The van der Waals surface area contributed by atoms with Crippen LogP contribution < -0.4 is 5.73 Å². The van der Waals surface area contributed by atoms with Crippen molar-refractivity contribution in [1.82, 2.24) is 4.31 Å². The molecule has 0 spiro atoms. The Hall–Kier alpha value is -0.250. The lowest BCUT2D eigenvalue weighted by atomic mass is 10.2. The van der Waals surface area contributed by atoms with Crippen molar-refractivity contribution in [1.29, 1.82) is 0 Å². The zero-order valence-electron chi connectivity index (χ0n) is 10.4. The Morgan fingerprint density at radius 1 is 1.39 bits per heavy atom. The molecule has 0 aromatic heterocycles. The van der Waals surface area contributed by atoms with E-state index < -0.39 is 31.2 Å². The van der Waals surface area contributed by atoms with Gasteiger partial charge in [-0.3, -0.25) is 0 Å². The van der Waals surface area contributed by atoms with E-state index in [1.807, 2.05) is 0 Å². The molecule has 106 valence electrons. The van der Waals surface area contributed by atoms with Gasteiger partial charge in [0.15, 0.2) is 0 Å². The molecule has 1 unspecified atom stereocenters. The lowest BCUT2D eigenvalue weighted by Gasteiger charge is -2.30. The van der Waals surface area contributed by atoms with Crippen LogP contribution in [0.2, 0.25) is 0 Å². The van der Waals surface area contributed by atoms with Gasteiger partial charge in [0, 0.05) is 7.05 Å². The number of sulfonamides is 1. The summed E-state index contributed by atoms with van der Waals surface area (Å²) in [6.07, 6.45) is 0.276. The van der Waals surface area contributed by atoms with Crippen molar-refractivity contribution in [3.63, 3.8) is 0 Å². The van der Waals surface area contributed by atoms with Crippen LogP contribution in [0.5, 0.6) is 0 Å². The highest BCUT2D eigenvalue weighted by Crippen LogP contribution is 2.22. The maximum absolute atomic E-state index is 12.3. The standard InChI is InChI=1S/C9H18N2O4S3/c1-7(9(10)16)11(2)18(14,15)8-3-5-17(12,13)6-4-8/h7-8H,3-6H2,1-2H3,(H2,10,16). The summed E-state index contributed by atoms with van der Waals surface area (Å²) in [6, 6.07) is -0.566. The minimum atomic E-state index is -3.56. The third-order valence-electron chi connectivity index (χ3n) is 3.28. The van der Waals surface area contributed by atoms with E-state index in [4.69, 9.17) is 18.0 Å². The molecular weight excluding hydrogens is 296 g/mol. The molecule has 0 aromatic carbocycles. The van der Waals surface area contributed by atoms with Crippen LogP contribution in [0.1, 0.15) is 19.8 Å². The van der Waals surface area contributed by atoms with E-state index in [0.29, 0.717) is 0 Å². The number of sulfone groups is 1. The van der Waals surface area contributed by atoms with Crippen molar-refractivity contribution in [2.75, 3.05) is 18.6 Å². The molecule has 0 bridgehead atoms. The van der Waals surface area contributed by atoms with Crippen LogP contribution in [0.15, 0.2) is 0 Å². The highest BCUT2D eigenvalue weighted by Gasteiger charge is 2.37. The minimum Gasteiger partial charge on any atom is -0.392 e. The molecule has 0 amide bonds. The molecule has 1 fully saturated rings. The minimum absolute atomic E-state index is 0.0772. The van der Waals surface area contributed by atoms with E-state index in [9.17, 15) is 16.8 Å². The number of thiocarbonyl (C=S) groups is 1. The van der Waals surface area contributed by atoms with Gasteiger partial charge in [-0.1, -0.05) is 12.2 Å². The van der Waals surface area contributed by atoms with Gasteiger partial charge in [0.25, 0.3) is 0 Å². The van der Waals surface area contributed by atoms with Gasteiger partial charge >= 0.3 is 0 Å². The highest BCUT2D eigenvalue weighted by atomic mass is 32.2. The fraction of sp³-hybridized carbons (Fsp3) is 0.889. The third kappa shape index (κ3) is 3.40. The fourth-order valence-corrected chi connectivity index (χ4v) is 5.67. The second-order valence-corrected chi connectivity index (χ2v) is 9.54. The normalized spacial score (nSPS) is 22.8. The van der Waals surface area contributed by atoms with Crippen molar-refractivity contribution in [2.24, 2.45) is 5.73 Å². The molecule has 1 rings (SSSR count). The molecule has 18 heavy (non-hydrogen) atoms. The van der Waals surface area contributed by atoms with E-state index in [-0.39, 0.29) is 29.3 Å². The van der Waals surface area contributed by atoms with Crippen LogP contribution in [0.4, 0.5) is 0 Å². The molecule has 1 saturated heterocycles. The van der Waals surface area contributed by atoms with E-state index in [1.165, 1.54) is 7.05 Å². The summed E-state index contributed by atoms with van der Waals surface area (Å²) in [5.41, 5.74) is 5.44. The Morgan fingerprint density at radius 3 is 2.22 bits per heavy atom. The lowest BCUT2D eigenvalue weighted by molar-refractivity contribution is 0.435. The van der Waals surface area contributed by atoms with Crippen LogP contribution in [0.25, 0.3) is 0 Å². The number of nitrogens with zero attached hydrogens (tertiary/aromatic N) is 1. The predicted octanol–water partition coefficient (Wildman–Crippen LogP) is -0.500. The molecule has 1 aliphatic rings. The van der Waals surface area contributed by atoms with Crippen molar-refractivity contribution in [3.05, 3.63) is 0 Å². The van der Waals surface area contributed by atoms with E-state index in [1.54, 1.807) is 6.92 Å².